The zero-order valence-corrected chi connectivity index (χ0v) is 4.02. The van der Waals surface area contributed by atoms with Crippen LogP contribution in [0.1, 0.15) is 0 Å². The lowest BCUT2D eigenvalue weighted by atomic mass is 9.83. The molecule has 0 fully saturated rings. The van der Waals surface area contributed by atoms with Crippen LogP contribution in [0, 0.1) is 0 Å². The minimum absolute atomic E-state index is 0.727. The molecule has 1 atom stereocenters. The number of hydrogen-bond donors (Lipinski definition) is 2. The van der Waals surface area contributed by atoms with Crippen molar-refractivity contribution in [1.29, 1.82) is 0 Å². The zero-order chi connectivity index (χ0) is 5.98. The molecule has 1 aliphatic heterocycles. The van der Waals surface area contributed by atoms with Gasteiger partial charge in [-0.3, -0.25) is 0 Å². The molecule has 0 aromatic carbocycles. The van der Waals surface area contributed by atoms with Crippen LogP contribution in [0.3, 0.4) is 0 Å². The fourth-order valence-corrected chi connectivity index (χ4v) is 0.387. The first-order chi connectivity index (χ1) is 3.80. The van der Waals surface area contributed by atoms with E-state index < -0.39 is 13.1 Å². The Bertz CT molecular complexity index is 101. The van der Waals surface area contributed by atoms with Gasteiger partial charge < -0.3 is 14.9 Å². The summed E-state index contributed by atoms with van der Waals surface area (Å²) in [6.07, 6.45) is 2.66. The van der Waals surface area contributed by atoms with Gasteiger partial charge in [-0.2, -0.15) is 4.89 Å². The fraction of sp³-hybridized carbons (Fsp3) is 0.333. The molecule has 1 rings (SSSR count). The molecule has 1 unspecified atom stereocenters. The largest absolute Gasteiger partial charge is 0.491 e. The Morgan fingerprint density at radius 2 is 2.25 bits per heavy atom. The van der Waals surface area contributed by atoms with Gasteiger partial charge in [0, 0.05) is 0 Å². The summed E-state index contributed by atoms with van der Waals surface area (Å²) in [5, 5.41) is 16.7. The van der Waals surface area contributed by atoms with Gasteiger partial charge in [0.05, 0.1) is 0 Å². The van der Waals surface area contributed by atoms with Crippen LogP contribution < -0.4 is 0 Å². The summed E-state index contributed by atoms with van der Waals surface area (Å²) in [7, 11) is -1.49. The van der Waals surface area contributed by atoms with Crippen LogP contribution in [0.4, 0.5) is 0 Å². The SMILES string of the molecule is OB(O)C1C=COO1. The summed E-state index contributed by atoms with van der Waals surface area (Å²) < 4.78 is 0. The van der Waals surface area contributed by atoms with Gasteiger partial charge in [0.2, 0.25) is 0 Å². The molecule has 1 heterocycles. The summed E-state index contributed by atoms with van der Waals surface area (Å²) in [6.45, 7) is 0. The normalized spacial score (nSPS) is 25.5. The smallest absolute Gasteiger partial charge is 0.425 e. The molecule has 44 valence electrons. The molecular weight excluding hydrogens is 111 g/mol. The molecule has 0 saturated heterocycles. The first-order valence-corrected chi connectivity index (χ1v) is 2.15. The van der Waals surface area contributed by atoms with E-state index in [-0.39, 0.29) is 0 Å². The summed E-state index contributed by atoms with van der Waals surface area (Å²) in [4.78, 5) is 8.52. The highest BCUT2D eigenvalue weighted by molar-refractivity contribution is 6.43. The average molecular weight is 116 g/mol. The Hall–Kier alpha value is -0.515. The van der Waals surface area contributed by atoms with E-state index in [1.165, 1.54) is 12.3 Å². The highest BCUT2D eigenvalue weighted by atomic mass is 17.2. The lowest BCUT2D eigenvalue weighted by Gasteiger charge is -2.00. The van der Waals surface area contributed by atoms with Crippen molar-refractivity contribution in [2.75, 3.05) is 0 Å². The van der Waals surface area contributed by atoms with Crippen LogP contribution in [0.15, 0.2) is 12.3 Å². The molecule has 0 amide bonds. The molecule has 0 spiro atoms. The minimum atomic E-state index is -1.49. The summed E-state index contributed by atoms with van der Waals surface area (Å²) in [5.41, 5.74) is 0. The second-order valence-corrected chi connectivity index (χ2v) is 1.40. The number of hydrogen-bond acceptors (Lipinski definition) is 4. The Labute approximate surface area is 46.4 Å². The van der Waals surface area contributed by atoms with E-state index in [2.05, 4.69) is 9.78 Å². The van der Waals surface area contributed by atoms with E-state index in [4.69, 9.17) is 10.0 Å². The van der Waals surface area contributed by atoms with E-state index in [0.29, 0.717) is 0 Å². The molecule has 0 saturated carbocycles. The molecule has 0 aromatic rings. The van der Waals surface area contributed by atoms with E-state index in [1.54, 1.807) is 0 Å². The Kier molecular flexibility index (Phi) is 1.52. The van der Waals surface area contributed by atoms with Crippen molar-refractivity contribution in [1.82, 2.24) is 0 Å². The minimum Gasteiger partial charge on any atom is -0.425 e. The molecule has 2 N–H and O–H groups in total. The van der Waals surface area contributed by atoms with Gasteiger partial charge in [-0.1, -0.05) is 0 Å². The van der Waals surface area contributed by atoms with Gasteiger partial charge in [0.1, 0.15) is 6.26 Å². The van der Waals surface area contributed by atoms with E-state index >= 15 is 0 Å². The molecular formula is C3H5BO4. The van der Waals surface area contributed by atoms with Gasteiger partial charge in [-0.25, -0.2) is 0 Å². The molecule has 0 aliphatic carbocycles. The maximum Gasteiger partial charge on any atom is 0.491 e. The number of rotatable bonds is 1. The summed E-state index contributed by atoms with van der Waals surface area (Å²) in [6, 6.07) is -0.727. The summed E-state index contributed by atoms with van der Waals surface area (Å²) in [5.74, 6) is 0. The van der Waals surface area contributed by atoms with Crippen molar-refractivity contribution in [3.05, 3.63) is 12.3 Å². The summed E-state index contributed by atoms with van der Waals surface area (Å²) >= 11 is 0. The van der Waals surface area contributed by atoms with Crippen LogP contribution in [-0.4, -0.2) is 23.2 Å². The van der Waals surface area contributed by atoms with Crippen molar-refractivity contribution >= 4 is 7.12 Å². The Morgan fingerprint density at radius 1 is 1.50 bits per heavy atom. The van der Waals surface area contributed by atoms with Crippen molar-refractivity contribution in [2.45, 2.75) is 6.00 Å². The first kappa shape index (κ1) is 5.62. The highest BCUT2D eigenvalue weighted by Gasteiger charge is 2.25. The highest BCUT2D eigenvalue weighted by Crippen LogP contribution is 2.04. The fourth-order valence-electron chi connectivity index (χ4n) is 0.387. The van der Waals surface area contributed by atoms with Crippen molar-refractivity contribution < 1.29 is 19.8 Å². The lowest BCUT2D eigenvalue weighted by Crippen LogP contribution is -2.29. The van der Waals surface area contributed by atoms with Crippen LogP contribution >= 0.6 is 0 Å². The lowest BCUT2D eigenvalue weighted by molar-refractivity contribution is -0.238. The predicted molar refractivity (Wildman–Crippen MR) is 25.3 cm³/mol. The van der Waals surface area contributed by atoms with E-state index in [1.807, 2.05) is 0 Å². The Morgan fingerprint density at radius 3 is 2.50 bits per heavy atom. The second kappa shape index (κ2) is 2.17. The van der Waals surface area contributed by atoms with Crippen molar-refractivity contribution in [3.63, 3.8) is 0 Å². The van der Waals surface area contributed by atoms with Gasteiger partial charge in [-0.05, 0) is 6.08 Å². The van der Waals surface area contributed by atoms with E-state index in [9.17, 15) is 0 Å². The van der Waals surface area contributed by atoms with Crippen LogP contribution in [0.25, 0.3) is 0 Å². The standard InChI is InChI=1S/C3H5BO4/c5-4(6)3-1-2-7-8-3/h1-3,5-6H. The van der Waals surface area contributed by atoms with Gasteiger partial charge in [0.15, 0.2) is 6.00 Å². The Balaban J connectivity index is 2.36. The van der Waals surface area contributed by atoms with Crippen LogP contribution in [0.2, 0.25) is 0 Å². The maximum atomic E-state index is 8.35. The van der Waals surface area contributed by atoms with Crippen LogP contribution in [-0.2, 0) is 9.78 Å². The van der Waals surface area contributed by atoms with Crippen molar-refractivity contribution in [3.8, 4) is 0 Å². The third-order valence-electron chi connectivity index (χ3n) is 0.784. The average Bonchev–Trinajstić information content (AvgIpc) is 2.12. The molecule has 1 aliphatic rings. The molecule has 8 heavy (non-hydrogen) atoms. The molecule has 0 aromatic heterocycles. The van der Waals surface area contributed by atoms with Crippen molar-refractivity contribution in [2.24, 2.45) is 0 Å². The third kappa shape index (κ3) is 1.00. The molecule has 5 heteroatoms. The second-order valence-electron chi connectivity index (χ2n) is 1.40. The van der Waals surface area contributed by atoms with Crippen LogP contribution in [0.5, 0.6) is 0 Å². The van der Waals surface area contributed by atoms with Gasteiger partial charge in [0.25, 0.3) is 0 Å². The van der Waals surface area contributed by atoms with E-state index in [0.717, 1.165) is 0 Å². The first-order valence-electron chi connectivity index (χ1n) is 2.15. The molecule has 0 radical (unpaired) electrons. The third-order valence-corrected chi connectivity index (χ3v) is 0.784. The molecule has 4 nitrogen and oxygen atoms in total. The molecule has 0 bridgehead atoms. The van der Waals surface area contributed by atoms with Gasteiger partial charge in [-0.15, -0.1) is 0 Å². The monoisotopic (exact) mass is 116 g/mol. The quantitative estimate of drug-likeness (QED) is 0.335. The predicted octanol–water partition coefficient (Wildman–Crippen LogP) is -1.16. The topological polar surface area (TPSA) is 58.9 Å². The van der Waals surface area contributed by atoms with Gasteiger partial charge >= 0.3 is 7.12 Å². The zero-order valence-electron chi connectivity index (χ0n) is 4.02. The maximum absolute atomic E-state index is 8.35.